The number of esters is 1. The van der Waals surface area contributed by atoms with Crippen molar-refractivity contribution in [3.05, 3.63) is 108 Å². The van der Waals surface area contributed by atoms with Gasteiger partial charge < -0.3 is 13.9 Å². The molecule has 0 radical (unpaired) electrons. The first-order valence-corrected chi connectivity index (χ1v) is 11.3. The molecule has 0 aliphatic carbocycles. The SMILES string of the molecule is COC(=O)C(Oc1ccc(C(F)(F)F)cc1-c1nc2ccccc2o1)c1cccc(-c2ccccc2)c1. The molecule has 37 heavy (non-hydrogen) atoms. The van der Waals surface area contributed by atoms with Gasteiger partial charge in [0.2, 0.25) is 12.0 Å². The molecular formula is C29H20F3NO4. The van der Waals surface area contributed by atoms with Crippen molar-refractivity contribution in [2.45, 2.75) is 12.3 Å². The van der Waals surface area contributed by atoms with Crippen molar-refractivity contribution in [2.75, 3.05) is 7.11 Å². The highest BCUT2D eigenvalue weighted by molar-refractivity contribution is 5.80. The van der Waals surface area contributed by atoms with E-state index in [4.69, 9.17) is 13.9 Å². The highest BCUT2D eigenvalue weighted by atomic mass is 19.4. The zero-order valence-corrected chi connectivity index (χ0v) is 19.5. The van der Waals surface area contributed by atoms with E-state index in [9.17, 15) is 18.0 Å². The van der Waals surface area contributed by atoms with Gasteiger partial charge in [-0.2, -0.15) is 13.2 Å². The third kappa shape index (κ3) is 5.04. The molecule has 5 rings (SSSR count). The van der Waals surface area contributed by atoms with Gasteiger partial charge in [0.15, 0.2) is 5.58 Å². The summed E-state index contributed by atoms with van der Waals surface area (Å²) in [7, 11) is 1.22. The van der Waals surface area contributed by atoms with Gasteiger partial charge in [-0.05, 0) is 47.5 Å². The van der Waals surface area contributed by atoms with Crippen molar-refractivity contribution in [1.82, 2.24) is 4.98 Å². The van der Waals surface area contributed by atoms with Crippen molar-refractivity contribution < 1.29 is 31.9 Å². The molecule has 0 saturated carbocycles. The van der Waals surface area contributed by atoms with Crippen LogP contribution in [0.2, 0.25) is 0 Å². The van der Waals surface area contributed by atoms with E-state index in [1.807, 2.05) is 36.4 Å². The van der Waals surface area contributed by atoms with Crippen LogP contribution in [0, 0.1) is 0 Å². The Kier molecular flexibility index (Phi) is 6.40. The molecule has 0 spiro atoms. The van der Waals surface area contributed by atoms with E-state index >= 15 is 0 Å². The maximum absolute atomic E-state index is 13.6. The first-order valence-electron chi connectivity index (χ1n) is 11.3. The summed E-state index contributed by atoms with van der Waals surface area (Å²) in [5.41, 5.74) is 2.16. The molecule has 0 saturated heterocycles. The lowest BCUT2D eigenvalue weighted by molar-refractivity contribution is -0.149. The number of halogens is 3. The summed E-state index contributed by atoms with van der Waals surface area (Å²) in [5, 5.41) is 0. The molecule has 0 bridgehead atoms. The number of alkyl halides is 3. The molecule has 5 aromatic rings. The van der Waals surface area contributed by atoms with Crippen molar-refractivity contribution in [3.63, 3.8) is 0 Å². The summed E-state index contributed by atoms with van der Waals surface area (Å²) in [6.07, 6.45) is -5.86. The topological polar surface area (TPSA) is 61.6 Å². The van der Waals surface area contributed by atoms with Gasteiger partial charge >= 0.3 is 12.1 Å². The van der Waals surface area contributed by atoms with Crippen LogP contribution >= 0.6 is 0 Å². The highest BCUT2D eigenvalue weighted by Crippen LogP contribution is 2.40. The minimum Gasteiger partial charge on any atom is -0.473 e. The van der Waals surface area contributed by atoms with Gasteiger partial charge in [0, 0.05) is 5.56 Å². The number of aromatic nitrogens is 1. The largest absolute Gasteiger partial charge is 0.473 e. The molecule has 0 aliphatic heterocycles. The summed E-state index contributed by atoms with van der Waals surface area (Å²) in [4.78, 5) is 17.1. The lowest BCUT2D eigenvalue weighted by Crippen LogP contribution is -2.20. The van der Waals surface area contributed by atoms with Gasteiger partial charge in [-0.1, -0.05) is 60.7 Å². The smallest absolute Gasteiger partial charge is 0.416 e. The molecule has 0 amide bonds. The summed E-state index contributed by atoms with van der Waals surface area (Å²) >= 11 is 0. The fraction of sp³-hybridized carbons (Fsp3) is 0.103. The van der Waals surface area contributed by atoms with Crippen LogP contribution in [0.3, 0.4) is 0 Å². The Morgan fingerprint density at radius 1 is 0.865 bits per heavy atom. The Morgan fingerprint density at radius 3 is 2.32 bits per heavy atom. The third-order valence-electron chi connectivity index (χ3n) is 5.79. The fourth-order valence-electron chi connectivity index (χ4n) is 3.96. The Morgan fingerprint density at radius 2 is 1.59 bits per heavy atom. The standard InChI is InChI=1S/C29H20F3NO4/c1-35-28(34)26(20-11-7-10-19(16-20)18-8-3-2-4-9-18)36-24-15-14-21(29(30,31)32)17-22(24)27-33-23-12-5-6-13-25(23)37-27/h2-17,26H,1H3. The molecular weight excluding hydrogens is 483 g/mol. The number of ether oxygens (including phenoxy) is 2. The van der Waals surface area contributed by atoms with Gasteiger partial charge in [0.05, 0.1) is 18.2 Å². The van der Waals surface area contributed by atoms with Gasteiger partial charge in [-0.15, -0.1) is 0 Å². The van der Waals surface area contributed by atoms with Crippen LogP contribution in [-0.4, -0.2) is 18.1 Å². The molecule has 1 heterocycles. The zero-order chi connectivity index (χ0) is 26.0. The van der Waals surface area contributed by atoms with Gasteiger partial charge in [0.1, 0.15) is 11.3 Å². The predicted molar refractivity (Wildman–Crippen MR) is 132 cm³/mol. The number of hydrogen-bond acceptors (Lipinski definition) is 5. The van der Waals surface area contributed by atoms with Crippen molar-refractivity contribution in [1.29, 1.82) is 0 Å². The lowest BCUT2D eigenvalue weighted by atomic mass is 10.0. The number of para-hydroxylation sites is 2. The van der Waals surface area contributed by atoms with Gasteiger partial charge in [0.25, 0.3) is 0 Å². The second kappa shape index (κ2) is 9.81. The Bertz CT molecular complexity index is 1530. The molecule has 0 fully saturated rings. The van der Waals surface area contributed by atoms with Crippen LogP contribution in [0.5, 0.6) is 5.75 Å². The molecule has 8 heteroatoms. The third-order valence-corrected chi connectivity index (χ3v) is 5.79. The van der Waals surface area contributed by atoms with E-state index in [1.54, 1.807) is 42.5 Å². The van der Waals surface area contributed by atoms with Crippen LogP contribution in [-0.2, 0) is 15.7 Å². The summed E-state index contributed by atoms with van der Waals surface area (Å²) in [6.45, 7) is 0. The van der Waals surface area contributed by atoms with Crippen molar-refractivity contribution in [2.24, 2.45) is 0 Å². The predicted octanol–water partition coefficient (Wildman–Crippen LogP) is 7.47. The molecule has 1 aromatic heterocycles. The molecule has 0 N–H and O–H groups in total. The number of carbonyl (C=O) groups excluding carboxylic acids is 1. The number of nitrogens with zero attached hydrogens (tertiary/aromatic N) is 1. The second-order valence-electron chi connectivity index (χ2n) is 8.21. The molecule has 0 aliphatic rings. The monoisotopic (exact) mass is 503 g/mol. The van der Waals surface area contributed by atoms with Gasteiger partial charge in [-0.3, -0.25) is 0 Å². The minimum atomic E-state index is -4.61. The Hall–Kier alpha value is -4.59. The first kappa shape index (κ1) is 24.1. The molecule has 1 atom stereocenters. The number of benzene rings is 4. The molecule has 186 valence electrons. The van der Waals surface area contributed by atoms with Gasteiger partial charge in [-0.25, -0.2) is 9.78 Å². The summed E-state index contributed by atoms with van der Waals surface area (Å²) < 4.78 is 57.5. The average molecular weight is 503 g/mol. The van der Waals surface area contributed by atoms with Crippen LogP contribution in [0.1, 0.15) is 17.2 Å². The lowest BCUT2D eigenvalue weighted by Gasteiger charge is -2.20. The molecule has 5 nitrogen and oxygen atoms in total. The quantitative estimate of drug-likeness (QED) is 0.225. The normalized spacial score (nSPS) is 12.3. The average Bonchev–Trinajstić information content (AvgIpc) is 3.35. The van der Waals surface area contributed by atoms with Crippen LogP contribution in [0.4, 0.5) is 13.2 Å². The van der Waals surface area contributed by atoms with Crippen LogP contribution in [0.15, 0.2) is 101 Å². The summed E-state index contributed by atoms with van der Waals surface area (Å²) in [5.74, 6) is -0.794. The van der Waals surface area contributed by atoms with E-state index in [2.05, 4.69) is 4.98 Å². The zero-order valence-electron chi connectivity index (χ0n) is 19.5. The van der Waals surface area contributed by atoms with E-state index in [0.29, 0.717) is 16.7 Å². The number of oxazole rings is 1. The van der Waals surface area contributed by atoms with E-state index in [0.717, 1.165) is 29.3 Å². The molecule has 4 aromatic carbocycles. The number of fused-ring (bicyclic) bond motifs is 1. The number of carbonyl (C=O) groups is 1. The minimum absolute atomic E-state index is 0.0138. The number of rotatable bonds is 6. The summed E-state index contributed by atoms with van der Waals surface area (Å²) in [6, 6.07) is 26.4. The van der Waals surface area contributed by atoms with E-state index in [1.165, 1.54) is 7.11 Å². The second-order valence-corrected chi connectivity index (χ2v) is 8.21. The van der Waals surface area contributed by atoms with E-state index < -0.39 is 23.8 Å². The van der Waals surface area contributed by atoms with Crippen molar-refractivity contribution in [3.8, 4) is 28.3 Å². The van der Waals surface area contributed by atoms with E-state index in [-0.39, 0.29) is 17.2 Å². The van der Waals surface area contributed by atoms with Crippen molar-refractivity contribution >= 4 is 17.1 Å². The molecule has 1 unspecified atom stereocenters. The number of methoxy groups -OCH3 is 1. The highest BCUT2D eigenvalue weighted by Gasteiger charge is 2.33. The van der Waals surface area contributed by atoms with Crippen LogP contribution < -0.4 is 4.74 Å². The maximum atomic E-state index is 13.6. The Labute approximate surface area is 210 Å². The number of hydrogen-bond donors (Lipinski definition) is 0. The van der Waals surface area contributed by atoms with Crippen LogP contribution in [0.25, 0.3) is 33.7 Å². The maximum Gasteiger partial charge on any atom is 0.416 e. The Balaban J connectivity index is 1.60. The fourth-order valence-corrected chi connectivity index (χ4v) is 3.96. The first-order chi connectivity index (χ1) is 17.8.